The normalized spacial score (nSPS) is 14.1. The minimum atomic E-state index is -2.37. The Morgan fingerprint density at radius 1 is 1.25 bits per heavy atom. The monoisotopic (exact) mass is 590 g/mol. The van der Waals surface area contributed by atoms with E-state index in [2.05, 4.69) is 25.6 Å². The van der Waals surface area contributed by atoms with Crippen molar-refractivity contribution in [3.05, 3.63) is 75.0 Å². The Bertz CT molecular complexity index is 1440. The average Bonchev–Trinajstić information content (AvgIpc) is 3.37. The summed E-state index contributed by atoms with van der Waals surface area (Å²) >= 11 is 2.42. The molecule has 0 bridgehead atoms. The maximum Gasteiger partial charge on any atom is 0.509 e. The van der Waals surface area contributed by atoms with E-state index in [0.29, 0.717) is 23.0 Å². The van der Waals surface area contributed by atoms with Crippen molar-refractivity contribution in [2.24, 2.45) is 5.92 Å². The van der Waals surface area contributed by atoms with Gasteiger partial charge in [-0.3, -0.25) is 9.27 Å². The molecule has 2 aromatic heterocycles. The molecule has 2 aromatic carbocycles. The van der Waals surface area contributed by atoms with Crippen LogP contribution >= 0.6 is 27.3 Å². The van der Waals surface area contributed by atoms with Gasteiger partial charge >= 0.3 is 7.12 Å². The Balaban J connectivity index is 1.65. The van der Waals surface area contributed by atoms with Crippen LogP contribution in [0.4, 0.5) is 10.1 Å². The van der Waals surface area contributed by atoms with Crippen molar-refractivity contribution >= 4 is 56.9 Å². The Morgan fingerprint density at radius 3 is 2.69 bits per heavy atom. The molecule has 0 aliphatic heterocycles. The lowest BCUT2D eigenvalue weighted by Crippen LogP contribution is -2.30. The summed E-state index contributed by atoms with van der Waals surface area (Å²) in [6, 6.07) is 12.3. The van der Waals surface area contributed by atoms with Crippen LogP contribution < -0.4 is 10.3 Å². The molecular weight excluding hydrogens is 570 g/mol. The van der Waals surface area contributed by atoms with Crippen LogP contribution in [0.1, 0.15) is 29.7 Å². The van der Waals surface area contributed by atoms with Gasteiger partial charge in [-0.25, -0.2) is 18.3 Å². The van der Waals surface area contributed by atoms with Crippen molar-refractivity contribution in [2.75, 3.05) is 4.72 Å². The number of thiazole rings is 1. The van der Waals surface area contributed by atoms with Gasteiger partial charge in [-0.1, -0.05) is 34.1 Å². The zero-order valence-electron chi connectivity index (χ0n) is 18.8. The maximum atomic E-state index is 14.7. The first-order valence-electron chi connectivity index (χ1n) is 11.1. The van der Waals surface area contributed by atoms with E-state index in [0.717, 1.165) is 46.2 Å². The van der Waals surface area contributed by atoms with Crippen LogP contribution in [0.5, 0.6) is 0 Å². The third kappa shape index (κ3) is 5.61. The van der Waals surface area contributed by atoms with Gasteiger partial charge in [0.25, 0.3) is 11.3 Å². The number of benzene rings is 2. The molecule has 13 heteroatoms. The Kier molecular flexibility index (Phi) is 7.38. The highest BCUT2D eigenvalue weighted by Gasteiger charge is 2.29. The molecule has 1 fully saturated rings. The molecule has 1 aliphatic rings. The minimum absolute atomic E-state index is 0.0569. The summed E-state index contributed by atoms with van der Waals surface area (Å²) in [5.74, 6) is -0.0898. The third-order valence-corrected chi connectivity index (χ3v) is 7.63. The van der Waals surface area contributed by atoms with E-state index >= 15 is 0 Å². The lowest BCUT2D eigenvalue weighted by molar-refractivity contribution is 0.424. The lowest BCUT2D eigenvalue weighted by atomic mass is 9.88. The molecule has 1 aliphatic carbocycles. The fourth-order valence-corrected chi connectivity index (χ4v) is 5.60. The van der Waals surface area contributed by atoms with Crippen LogP contribution in [-0.4, -0.2) is 40.7 Å². The molecule has 5 rings (SSSR count). The topological polar surface area (TPSA) is 121 Å². The predicted octanol–water partition coefficient (Wildman–Crippen LogP) is 3.67. The lowest BCUT2D eigenvalue weighted by Gasteiger charge is -2.11. The zero-order chi connectivity index (χ0) is 25.4. The summed E-state index contributed by atoms with van der Waals surface area (Å²) in [5.41, 5.74) is 4.24. The Labute approximate surface area is 221 Å². The first-order chi connectivity index (χ1) is 17.3. The summed E-state index contributed by atoms with van der Waals surface area (Å²) in [4.78, 5) is 4.38. The van der Waals surface area contributed by atoms with Crippen LogP contribution in [0.15, 0.2) is 52.3 Å². The standard InChI is InChI=1S/C23H21BBrFN4O4S2/c25-16-3-1-2-15(11-16)22-17(8-14-6-7-19(18(26)9-14)29-36(33)34)20(10-13-4-5-13)28-30(22)23-27-21(12-35-23)24(31)32/h1-3,6-7,9,11-13,29,31-32H,4-5,8,10H2,(H,33,34). The van der Waals surface area contributed by atoms with Gasteiger partial charge in [0.05, 0.1) is 22.7 Å². The molecule has 1 atom stereocenters. The molecule has 36 heavy (non-hydrogen) atoms. The van der Waals surface area contributed by atoms with E-state index in [1.54, 1.807) is 16.1 Å². The summed E-state index contributed by atoms with van der Waals surface area (Å²) in [5, 5.41) is 26.2. The Morgan fingerprint density at radius 2 is 2.06 bits per heavy atom. The molecule has 4 N–H and O–H groups in total. The maximum absolute atomic E-state index is 14.7. The van der Waals surface area contributed by atoms with Crippen molar-refractivity contribution in [1.82, 2.24) is 14.8 Å². The number of halogens is 2. The highest BCUT2D eigenvalue weighted by Crippen LogP contribution is 2.38. The van der Waals surface area contributed by atoms with Crippen LogP contribution in [0, 0.1) is 11.7 Å². The molecule has 0 saturated heterocycles. The van der Waals surface area contributed by atoms with Crippen molar-refractivity contribution < 1.29 is 23.2 Å². The van der Waals surface area contributed by atoms with E-state index in [1.807, 2.05) is 24.3 Å². The first-order valence-corrected chi connectivity index (χ1v) is 13.9. The van der Waals surface area contributed by atoms with Crippen LogP contribution in [-0.2, 0) is 24.1 Å². The number of aromatic nitrogens is 3. The third-order valence-electron chi connectivity index (χ3n) is 5.91. The van der Waals surface area contributed by atoms with Crippen LogP contribution in [0.2, 0.25) is 0 Å². The number of nitrogens with zero attached hydrogens (tertiary/aromatic N) is 3. The highest BCUT2D eigenvalue weighted by molar-refractivity contribution is 9.10. The van der Waals surface area contributed by atoms with Gasteiger partial charge in [0.2, 0.25) is 5.13 Å². The van der Waals surface area contributed by atoms with Gasteiger partial charge in [-0.15, -0.1) is 11.3 Å². The molecule has 186 valence electrons. The van der Waals surface area contributed by atoms with Crippen molar-refractivity contribution in [3.8, 4) is 16.4 Å². The van der Waals surface area contributed by atoms with E-state index in [1.165, 1.54) is 23.5 Å². The Hall–Kier alpha value is -2.42. The van der Waals surface area contributed by atoms with Gasteiger partial charge < -0.3 is 10.0 Å². The van der Waals surface area contributed by atoms with Crippen LogP contribution in [0.25, 0.3) is 16.4 Å². The first kappa shape index (κ1) is 25.2. The zero-order valence-corrected chi connectivity index (χ0v) is 22.0. The van der Waals surface area contributed by atoms with Crippen molar-refractivity contribution in [1.29, 1.82) is 0 Å². The smallest absolute Gasteiger partial charge is 0.422 e. The van der Waals surface area contributed by atoms with Gasteiger partial charge in [0, 0.05) is 27.4 Å². The van der Waals surface area contributed by atoms with Crippen LogP contribution in [0.3, 0.4) is 0 Å². The quantitative estimate of drug-likeness (QED) is 0.174. The molecule has 0 amide bonds. The molecule has 0 spiro atoms. The number of hydrogen-bond acceptors (Lipinski definition) is 6. The number of nitrogens with one attached hydrogen (secondary N) is 1. The SMILES string of the molecule is O=S(O)Nc1ccc(Cc2c(CC3CC3)nn(-c3nc(B(O)O)cs3)c2-c2cccc(Br)c2)cc1F. The summed E-state index contributed by atoms with van der Waals surface area (Å²) in [6.07, 6.45) is 3.41. The molecule has 2 heterocycles. The number of rotatable bonds is 9. The van der Waals surface area contributed by atoms with E-state index in [9.17, 15) is 18.6 Å². The largest absolute Gasteiger partial charge is 0.509 e. The fourth-order valence-electron chi connectivity index (χ4n) is 4.05. The van der Waals surface area contributed by atoms with Gasteiger partial charge in [-0.2, -0.15) is 5.10 Å². The van der Waals surface area contributed by atoms with E-state index < -0.39 is 24.2 Å². The van der Waals surface area contributed by atoms with E-state index in [-0.39, 0.29) is 11.3 Å². The second-order valence-corrected chi connectivity index (χ2v) is 11.1. The van der Waals surface area contributed by atoms with Crippen molar-refractivity contribution in [2.45, 2.75) is 25.7 Å². The fraction of sp³-hybridized carbons (Fsp3) is 0.217. The van der Waals surface area contributed by atoms with Crippen molar-refractivity contribution in [3.63, 3.8) is 0 Å². The van der Waals surface area contributed by atoms with Gasteiger partial charge in [0.15, 0.2) is 0 Å². The molecule has 8 nitrogen and oxygen atoms in total. The number of hydrogen-bond donors (Lipinski definition) is 4. The molecular formula is C23H21BBrFN4O4S2. The van der Waals surface area contributed by atoms with Gasteiger partial charge in [0.1, 0.15) is 5.82 Å². The second kappa shape index (κ2) is 10.5. The molecule has 1 unspecified atom stereocenters. The minimum Gasteiger partial charge on any atom is -0.422 e. The second-order valence-electron chi connectivity index (χ2n) is 8.61. The molecule has 4 aromatic rings. The molecule has 0 radical (unpaired) electrons. The summed E-state index contributed by atoms with van der Waals surface area (Å²) in [6.45, 7) is 0. The summed E-state index contributed by atoms with van der Waals surface area (Å²) in [7, 11) is -1.69. The van der Waals surface area contributed by atoms with Gasteiger partial charge in [-0.05, 0) is 55.0 Å². The molecule has 1 saturated carbocycles. The average molecular weight is 591 g/mol. The number of anilines is 1. The highest BCUT2D eigenvalue weighted by atomic mass is 79.9. The summed E-state index contributed by atoms with van der Waals surface area (Å²) < 4.78 is 39.5. The van der Waals surface area contributed by atoms with E-state index in [4.69, 9.17) is 9.65 Å². The predicted molar refractivity (Wildman–Crippen MR) is 142 cm³/mol.